The summed E-state index contributed by atoms with van der Waals surface area (Å²) in [6.45, 7) is 10.9. The van der Waals surface area contributed by atoms with E-state index >= 15 is 0 Å². The third-order valence-electron chi connectivity index (χ3n) is 8.96. The van der Waals surface area contributed by atoms with Crippen LogP contribution in [-0.2, 0) is 44.5 Å². The van der Waals surface area contributed by atoms with E-state index in [9.17, 15) is 24.0 Å². The molecule has 4 rings (SSSR count). The molecule has 2 fully saturated rings. The number of rotatable bonds is 13. The molecule has 0 bridgehead atoms. The van der Waals surface area contributed by atoms with Gasteiger partial charge in [0.15, 0.2) is 11.7 Å². The van der Waals surface area contributed by atoms with Crippen molar-refractivity contribution in [1.29, 1.82) is 0 Å². The molecule has 14 nitrogen and oxygen atoms in total. The van der Waals surface area contributed by atoms with Gasteiger partial charge in [-0.25, -0.2) is 15.0 Å². The first-order chi connectivity index (χ1) is 26.2. The number of fused-ring (bicyclic) bond motifs is 1. The Kier molecular flexibility index (Phi) is 15.8. The number of carbonyl (C=O) groups excluding carboxylic acids is 5. The predicted molar refractivity (Wildman–Crippen MR) is 213 cm³/mol. The molecule has 0 radical (unpaired) electrons. The van der Waals surface area contributed by atoms with Gasteiger partial charge in [-0.05, 0) is 89.5 Å². The first-order valence-electron chi connectivity index (χ1n) is 18.8. The van der Waals surface area contributed by atoms with Crippen LogP contribution in [0.25, 0.3) is 17.0 Å². The van der Waals surface area contributed by atoms with Crippen molar-refractivity contribution in [2.75, 3.05) is 26.3 Å². The Labute approximate surface area is 342 Å². The van der Waals surface area contributed by atoms with Gasteiger partial charge in [0.1, 0.15) is 24.3 Å². The third-order valence-corrected chi connectivity index (χ3v) is 9.29. The van der Waals surface area contributed by atoms with Crippen molar-refractivity contribution >= 4 is 81.6 Å². The summed E-state index contributed by atoms with van der Waals surface area (Å²) in [6.07, 6.45) is 4.91. The van der Waals surface area contributed by atoms with E-state index in [4.69, 9.17) is 58.7 Å². The van der Waals surface area contributed by atoms with E-state index in [1.165, 1.54) is 11.9 Å². The molecule has 3 heterocycles. The Hall–Kier alpha value is -3.69. The molecule has 2 aromatic rings. The number of hydrazine groups is 1. The summed E-state index contributed by atoms with van der Waals surface area (Å²) in [5.41, 5.74) is 3.09. The van der Waals surface area contributed by atoms with Gasteiger partial charge in [-0.3, -0.25) is 24.4 Å². The number of hydrogen-bond donors (Lipinski definition) is 3. The molecule has 17 heteroatoms. The van der Waals surface area contributed by atoms with E-state index in [0.717, 1.165) is 28.6 Å². The average Bonchev–Trinajstić information content (AvgIpc) is 3.13. The van der Waals surface area contributed by atoms with Crippen LogP contribution in [-0.4, -0.2) is 99.3 Å². The molecule has 2 aliphatic heterocycles. The minimum absolute atomic E-state index is 0.282. The van der Waals surface area contributed by atoms with E-state index in [1.807, 2.05) is 30.3 Å². The molecule has 1 aromatic heterocycles. The van der Waals surface area contributed by atoms with Crippen LogP contribution in [0, 0.1) is 5.92 Å². The number of hydrogen-bond acceptors (Lipinski definition) is 11. The number of carbonyl (C=O) groups is 5. The fraction of sp³-hybridized carbons (Fsp3) is 0.590. The van der Waals surface area contributed by atoms with Crippen molar-refractivity contribution in [3.05, 3.63) is 47.7 Å². The maximum atomic E-state index is 13.9. The maximum Gasteiger partial charge on any atom is 0.407 e. The van der Waals surface area contributed by atoms with Crippen molar-refractivity contribution in [1.82, 2.24) is 26.1 Å². The zero-order chi connectivity index (χ0) is 41.3. The Morgan fingerprint density at radius 3 is 2.46 bits per heavy atom. The number of aromatic nitrogens is 1. The summed E-state index contributed by atoms with van der Waals surface area (Å²) in [7, 11) is 0. The normalized spacial score (nSPS) is 20.3. The Bertz CT molecular complexity index is 1760. The standard InChI is InChI=1S/C39H52Cl3N5O9/c1-24(2)31(32(48)44-25(3)33(49)47-20-9-10-29(46-47)34(50)53-23-39(40,41)42)55-35(51)38(17-7-8-21-54-38)18-15-26-11-12-27-13-14-28(45-30(27)22-26)16-19-43-36(52)56-37(4,5)6/h11-15,18,22,24-25,29,31,46H,7-10,16-17,19-21,23H2,1-6H3,(H,43,52)(H,44,48)/t25-,29-,31-,38?/m0/s1. The first kappa shape index (κ1) is 45.0. The number of benzene rings is 1. The van der Waals surface area contributed by atoms with Gasteiger partial charge in [-0.15, -0.1) is 0 Å². The van der Waals surface area contributed by atoms with E-state index in [1.54, 1.807) is 46.8 Å². The van der Waals surface area contributed by atoms with Crippen LogP contribution < -0.4 is 16.1 Å². The highest BCUT2D eigenvalue weighted by atomic mass is 35.6. The highest BCUT2D eigenvalue weighted by Crippen LogP contribution is 2.31. The molecule has 0 aliphatic carbocycles. The van der Waals surface area contributed by atoms with Crippen LogP contribution in [0.15, 0.2) is 36.4 Å². The molecular formula is C39H52Cl3N5O9. The minimum atomic E-state index is -1.78. The molecule has 0 spiro atoms. The molecule has 0 saturated carbocycles. The molecule has 2 aliphatic rings. The number of alkyl carbamates (subject to hydrolysis) is 1. The molecule has 4 atom stereocenters. The number of ether oxygens (including phenoxy) is 4. The molecule has 2 saturated heterocycles. The van der Waals surface area contributed by atoms with Crippen LogP contribution in [0.5, 0.6) is 0 Å². The number of alkyl halides is 3. The van der Waals surface area contributed by atoms with E-state index in [0.29, 0.717) is 45.3 Å². The second-order valence-corrected chi connectivity index (χ2v) is 17.8. The lowest BCUT2D eigenvalue weighted by molar-refractivity contribution is -0.181. The van der Waals surface area contributed by atoms with Crippen molar-refractivity contribution in [3.8, 4) is 0 Å². The lowest BCUT2D eigenvalue weighted by Crippen LogP contribution is -2.60. The Balaban J connectivity index is 1.40. The van der Waals surface area contributed by atoms with Crippen molar-refractivity contribution in [2.24, 2.45) is 5.92 Å². The average molecular weight is 841 g/mol. The van der Waals surface area contributed by atoms with Crippen LogP contribution in [0.3, 0.4) is 0 Å². The fourth-order valence-electron chi connectivity index (χ4n) is 6.10. The van der Waals surface area contributed by atoms with E-state index in [-0.39, 0.29) is 6.54 Å². The highest BCUT2D eigenvalue weighted by molar-refractivity contribution is 6.67. The van der Waals surface area contributed by atoms with Crippen LogP contribution in [0.1, 0.15) is 84.9 Å². The summed E-state index contributed by atoms with van der Waals surface area (Å²) >= 11 is 17.0. The maximum absolute atomic E-state index is 13.9. The zero-order valence-corrected chi connectivity index (χ0v) is 34.9. The zero-order valence-electron chi connectivity index (χ0n) is 32.6. The smallest absolute Gasteiger partial charge is 0.407 e. The summed E-state index contributed by atoms with van der Waals surface area (Å²) in [4.78, 5) is 70.1. The highest BCUT2D eigenvalue weighted by Gasteiger charge is 2.43. The quantitative estimate of drug-likeness (QED) is 0.128. The molecule has 3 N–H and O–H groups in total. The second-order valence-electron chi connectivity index (χ2n) is 15.3. The summed E-state index contributed by atoms with van der Waals surface area (Å²) in [6, 6.07) is 7.71. The van der Waals surface area contributed by atoms with Gasteiger partial charge < -0.3 is 29.6 Å². The van der Waals surface area contributed by atoms with Crippen molar-refractivity contribution in [3.63, 3.8) is 0 Å². The van der Waals surface area contributed by atoms with Crippen molar-refractivity contribution < 1.29 is 42.9 Å². The van der Waals surface area contributed by atoms with Crippen molar-refractivity contribution in [2.45, 2.75) is 113 Å². The van der Waals surface area contributed by atoms with E-state index in [2.05, 4.69) is 16.1 Å². The molecule has 1 aromatic carbocycles. The summed E-state index contributed by atoms with van der Waals surface area (Å²) < 4.78 is 20.6. The number of esters is 2. The SMILES string of the molecule is CC(C)[C@H](OC(=O)C1(C=Cc2ccc3ccc(CCNC(=O)OC(C)(C)C)nc3c2)CCCCO1)C(=O)N[C@@H](C)C(=O)N1CCC[C@@H](C(=O)OCC(Cl)(Cl)Cl)N1. The third kappa shape index (κ3) is 13.5. The molecule has 56 heavy (non-hydrogen) atoms. The van der Waals surface area contributed by atoms with Gasteiger partial charge >= 0.3 is 18.0 Å². The van der Waals surface area contributed by atoms with Gasteiger partial charge in [-0.1, -0.05) is 72.9 Å². The molecule has 308 valence electrons. The lowest BCUT2D eigenvalue weighted by Gasteiger charge is -2.35. The Morgan fingerprint density at radius 1 is 1.07 bits per heavy atom. The van der Waals surface area contributed by atoms with Gasteiger partial charge in [0.05, 0.1) is 5.52 Å². The van der Waals surface area contributed by atoms with Gasteiger partial charge in [0, 0.05) is 37.2 Å². The molecular weight excluding hydrogens is 789 g/mol. The summed E-state index contributed by atoms with van der Waals surface area (Å²) in [5.74, 6) is -3.00. The number of amides is 3. The number of pyridine rings is 1. The number of nitrogens with one attached hydrogen (secondary N) is 3. The second kappa shape index (κ2) is 19.6. The first-order valence-corrected chi connectivity index (χ1v) is 19.9. The lowest BCUT2D eigenvalue weighted by atomic mass is 9.92. The number of nitrogens with zero attached hydrogens (tertiary/aromatic N) is 2. The largest absolute Gasteiger partial charge is 0.460 e. The fourth-order valence-corrected chi connectivity index (χ4v) is 6.26. The van der Waals surface area contributed by atoms with Gasteiger partial charge in [0.2, 0.25) is 3.79 Å². The number of halogens is 3. The summed E-state index contributed by atoms with van der Waals surface area (Å²) in [5, 5.41) is 7.58. The van der Waals surface area contributed by atoms with E-state index < -0.39 is 75.6 Å². The monoisotopic (exact) mass is 839 g/mol. The predicted octanol–water partition coefficient (Wildman–Crippen LogP) is 5.74. The van der Waals surface area contributed by atoms with Gasteiger partial charge in [0.25, 0.3) is 11.8 Å². The van der Waals surface area contributed by atoms with Crippen LogP contribution in [0.2, 0.25) is 0 Å². The topological polar surface area (TPSA) is 174 Å². The minimum Gasteiger partial charge on any atom is -0.460 e. The van der Waals surface area contributed by atoms with Crippen LogP contribution >= 0.6 is 34.8 Å². The van der Waals surface area contributed by atoms with Gasteiger partial charge in [-0.2, -0.15) is 0 Å². The Morgan fingerprint density at radius 2 is 1.80 bits per heavy atom. The molecule has 3 amide bonds. The van der Waals surface area contributed by atoms with Crippen LogP contribution in [0.4, 0.5) is 4.79 Å². The molecule has 1 unspecified atom stereocenters.